The summed E-state index contributed by atoms with van der Waals surface area (Å²) in [6, 6.07) is 26.7. The zero-order valence-electron chi connectivity index (χ0n) is 15.1. The summed E-state index contributed by atoms with van der Waals surface area (Å²) in [5.74, 6) is 1.69. The van der Waals surface area contributed by atoms with E-state index < -0.39 is 0 Å². The molecule has 3 rings (SSSR count). The lowest BCUT2D eigenvalue weighted by molar-refractivity contribution is 0.483. The minimum absolute atomic E-state index is 0.195. The van der Waals surface area contributed by atoms with E-state index in [4.69, 9.17) is 4.74 Å². The van der Waals surface area contributed by atoms with Gasteiger partial charge in [0.2, 0.25) is 0 Å². The monoisotopic (exact) mass is 331 g/mol. The van der Waals surface area contributed by atoms with Crippen molar-refractivity contribution in [2.75, 3.05) is 5.32 Å². The Hall–Kier alpha value is -2.74. The second-order valence-corrected chi connectivity index (χ2v) is 7.24. The minimum atomic E-state index is 0.195. The minimum Gasteiger partial charge on any atom is -0.457 e. The highest BCUT2D eigenvalue weighted by Crippen LogP contribution is 2.24. The summed E-state index contributed by atoms with van der Waals surface area (Å²) in [7, 11) is 0. The van der Waals surface area contributed by atoms with Crippen molar-refractivity contribution in [3.63, 3.8) is 0 Å². The summed E-state index contributed by atoms with van der Waals surface area (Å²) in [6.45, 7) is 7.52. The molecule has 2 nitrogen and oxygen atoms in total. The third-order valence-corrected chi connectivity index (χ3v) is 4.15. The summed E-state index contributed by atoms with van der Waals surface area (Å²) in [6.07, 6.45) is 0. The van der Waals surface area contributed by atoms with Gasteiger partial charge >= 0.3 is 0 Å². The van der Waals surface area contributed by atoms with Crippen LogP contribution in [-0.2, 0) is 12.0 Å². The summed E-state index contributed by atoms with van der Waals surface area (Å²) >= 11 is 0. The molecule has 25 heavy (non-hydrogen) atoms. The van der Waals surface area contributed by atoms with Crippen LogP contribution >= 0.6 is 0 Å². The quantitative estimate of drug-likeness (QED) is 0.585. The van der Waals surface area contributed by atoms with Crippen molar-refractivity contribution in [1.29, 1.82) is 0 Å². The number of para-hydroxylation sites is 1. The zero-order valence-corrected chi connectivity index (χ0v) is 15.1. The van der Waals surface area contributed by atoms with Crippen molar-refractivity contribution in [2.45, 2.75) is 32.7 Å². The maximum absolute atomic E-state index is 5.81. The lowest BCUT2D eigenvalue weighted by Gasteiger charge is -2.19. The summed E-state index contributed by atoms with van der Waals surface area (Å²) in [4.78, 5) is 0. The fourth-order valence-corrected chi connectivity index (χ4v) is 2.59. The van der Waals surface area contributed by atoms with Crippen LogP contribution in [0.1, 0.15) is 31.9 Å². The summed E-state index contributed by atoms with van der Waals surface area (Å²) < 4.78 is 5.81. The highest BCUT2D eigenvalue weighted by atomic mass is 16.5. The van der Waals surface area contributed by atoms with E-state index in [0.717, 1.165) is 23.7 Å². The highest BCUT2D eigenvalue weighted by molar-refractivity contribution is 5.47. The Morgan fingerprint density at radius 1 is 0.720 bits per heavy atom. The zero-order chi connectivity index (χ0) is 17.7. The number of benzene rings is 3. The van der Waals surface area contributed by atoms with E-state index in [-0.39, 0.29) is 5.41 Å². The standard InChI is InChI=1S/C23H25NO/c1-23(2,3)19-11-9-18(10-12-19)17-24-20-13-15-22(16-14-20)25-21-7-5-4-6-8-21/h4-16,24H,17H2,1-3H3. The first-order chi connectivity index (χ1) is 12.0. The molecule has 2 heteroatoms. The molecule has 3 aromatic carbocycles. The Labute approximate surface area is 150 Å². The van der Waals surface area contributed by atoms with Gasteiger partial charge in [-0.3, -0.25) is 0 Å². The topological polar surface area (TPSA) is 21.3 Å². The van der Waals surface area contributed by atoms with E-state index in [9.17, 15) is 0 Å². The molecule has 0 unspecified atom stereocenters. The molecule has 0 amide bonds. The number of anilines is 1. The second-order valence-electron chi connectivity index (χ2n) is 7.24. The first-order valence-electron chi connectivity index (χ1n) is 8.67. The molecule has 0 aromatic heterocycles. The van der Waals surface area contributed by atoms with Crippen LogP contribution in [0.2, 0.25) is 0 Å². The predicted octanol–water partition coefficient (Wildman–Crippen LogP) is 6.39. The van der Waals surface area contributed by atoms with E-state index in [2.05, 4.69) is 50.4 Å². The molecule has 0 saturated carbocycles. The first kappa shape index (κ1) is 17.1. The van der Waals surface area contributed by atoms with Crippen LogP contribution in [0.3, 0.4) is 0 Å². The van der Waals surface area contributed by atoms with Gasteiger partial charge in [0, 0.05) is 12.2 Å². The van der Waals surface area contributed by atoms with Gasteiger partial charge in [0.05, 0.1) is 0 Å². The van der Waals surface area contributed by atoms with Crippen molar-refractivity contribution in [3.05, 3.63) is 90.0 Å². The largest absolute Gasteiger partial charge is 0.457 e. The Kier molecular flexibility index (Phi) is 5.08. The van der Waals surface area contributed by atoms with Gasteiger partial charge in [-0.05, 0) is 52.9 Å². The van der Waals surface area contributed by atoms with E-state index in [1.165, 1.54) is 11.1 Å². The molecule has 0 aliphatic carbocycles. The SMILES string of the molecule is CC(C)(C)c1ccc(CNc2ccc(Oc3ccccc3)cc2)cc1. The van der Waals surface area contributed by atoms with E-state index in [1.807, 2.05) is 54.6 Å². The molecule has 0 radical (unpaired) electrons. The molecular weight excluding hydrogens is 306 g/mol. The molecule has 0 saturated heterocycles. The number of hydrogen-bond donors (Lipinski definition) is 1. The molecule has 0 aliphatic heterocycles. The third-order valence-electron chi connectivity index (χ3n) is 4.15. The van der Waals surface area contributed by atoms with Crippen LogP contribution in [-0.4, -0.2) is 0 Å². The number of rotatable bonds is 5. The van der Waals surface area contributed by atoms with Crippen LogP contribution in [0.4, 0.5) is 5.69 Å². The molecule has 128 valence electrons. The fraction of sp³-hybridized carbons (Fsp3) is 0.217. The average Bonchev–Trinajstić information content (AvgIpc) is 2.62. The average molecular weight is 331 g/mol. The lowest BCUT2D eigenvalue weighted by Crippen LogP contribution is -2.11. The third kappa shape index (κ3) is 4.87. The Bertz CT molecular complexity index is 784. The second kappa shape index (κ2) is 7.43. The Balaban J connectivity index is 1.57. The molecule has 0 atom stereocenters. The van der Waals surface area contributed by atoms with Crippen molar-refractivity contribution < 1.29 is 4.74 Å². The van der Waals surface area contributed by atoms with Gasteiger partial charge < -0.3 is 10.1 Å². The van der Waals surface area contributed by atoms with Crippen molar-refractivity contribution in [3.8, 4) is 11.5 Å². The van der Waals surface area contributed by atoms with Crippen LogP contribution in [0, 0.1) is 0 Å². The molecule has 0 heterocycles. The van der Waals surface area contributed by atoms with E-state index in [0.29, 0.717) is 0 Å². The van der Waals surface area contributed by atoms with Crippen molar-refractivity contribution >= 4 is 5.69 Å². The molecule has 1 N–H and O–H groups in total. The van der Waals surface area contributed by atoms with Crippen LogP contribution in [0.5, 0.6) is 11.5 Å². The number of ether oxygens (including phenoxy) is 1. The van der Waals surface area contributed by atoms with Crippen molar-refractivity contribution in [2.24, 2.45) is 0 Å². The molecular formula is C23H25NO. The fourth-order valence-electron chi connectivity index (χ4n) is 2.59. The molecule has 0 fully saturated rings. The Morgan fingerprint density at radius 3 is 1.92 bits per heavy atom. The van der Waals surface area contributed by atoms with Gasteiger partial charge in [-0.25, -0.2) is 0 Å². The first-order valence-corrected chi connectivity index (χ1v) is 8.67. The molecule has 0 bridgehead atoms. The van der Waals surface area contributed by atoms with Gasteiger partial charge in [-0.2, -0.15) is 0 Å². The predicted molar refractivity (Wildman–Crippen MR) is 105 cm³/mol. The van der Waals surface area contributed by atoms with Gasteiger partial charge in [0.15, 0.2) is 0 Å². The van der Waals surface area contributed by atoms with Crippen LogP contribution < -0.4 is 10.1 Å². The van der Waals surface area contributed by atoms with Crippen LogP contribution in [0.25, 0.3) is 0 Å². The Morgan fingerprint density at radius 2 is 1.32 bits per heavy atom. The normalized spacial score (nSPS) is 11.2. The van der Waals surface area contributed by atoms with Gasteiger partial charge in [-0.1, -0.05) is 63.2 Å². The van der Waals surface area contributed by atoms with E-state index in [1.54, 1.807) is 0 Å². The summed E-state index contributed by atoms with van der Waals surface area (Å²) in [5.41, 5.74) is 3.91. The maximum atomic E-state index is 5.81. The smallest absolute Gasteiger partial charge is 0.127 e. The molecule has 0 aliphatic rings. The lowest BCUT2D eigenvalue weighted by atomic mass is 9.87. The van der Waals surface area contributed by atoms with Crippen molar-refractivity contribution in [1.82, 2.24) is 0 Å². The number of nitrogens with one attached hydrogen (secondary N) is 1. The van der Waals surface area contributed by atoms with Gasteiger partial charge in [-0.15, -0.1) is 0 Å². The highest BCUT2D eigenvalue weighted by Gasteiger charge is 2.12. The summed E-state index contributed by atoms with van der Waals surface area (Å²) in [5, 5.41) is 3.45. The van der Waals surface area contributed by atoms with E-state index >= 15 is 0 Å². The van der Waals surface area contributed by atoms with Gasteiger partial charge in [0.1, 0.15) is 11.5 Å². The van der Waals surface area contributed by atoms with Crippen LogP contribution in [0.15, 0.2) is 78.9 Å². The molecule has 0 spiro atoms. The molecule has 3 aromatic rings. The van der Waals surface area contributed by atoms with Gasteiger partial charge in [0.25, 0.3) is 0 Å². The maximum Gasteiger partial charge on any atom is 0.127 e. The number of hydrogen-bond acceptors (Lipinski definition) is 2.